The lowest BCUT2D eigenvalue weighted by Gasteiger charge is -2.02. The summed E-state index contributed by atoms with van der Waals surface area (Å²) in [5, 5.41) is 8.64. The third-order valence-corrected chi connectivity index (χ3v) is 1.78. The number of fused-ring (bicyclic) bond motifs is 4. The molecule has 4 nitrogen and oxygen atoms in total. The molecule has 6 heteroatoms. The van der Waals surface area contributed by atoms with Gasteiger partial charge in [-0.2, -0.15) is 8.78 Å². The Hall–Kier alpha value is -1.85. The minimum Gasteiger partial charge on any atom is -0.478 e. The lowest BCUT2D eigenvalue weighted by Crippen LogP contribution is -2.04. The van der Waals surface area contributed by atoms with Crippen LogP contribution in [0.5, 0.6) is 11.5 Å². The number of carbonyl (C=O) groups is 1. The molecule has 74 valence electrons. The van der Waals surface area contributed by atoms with Crippen LogP contribution in [0.15, 0.2) is 6.07 Å². The van der Waals surface area contributed by atoms with Gasteiger partial charge in [-0.05, 0) is 0 Å². The number of ether oxygens (including phenoxy) is 2. The zero-order valence-electron chi connectivity index (χ0n) is 6.71. The summed E-state index contributed by atoms with van der Waals surface area (Å²) in [6.07, 6.45) is 0. The Balaban J connectivity index is 2.73. The molecular weight excluding hydrogens is 198 g/mol. The molecule has 0 unspecified atom stereocenters. The van der Waals surface area contributed by atoms with E-state index in [0.29, 0.717) is 0 Å². The van der Waals surface area contributed by atoms with Crippen LogP contribution < -0.4 is 9.47 Å². The predicted molar refractivity (Wildman–Crippen MR) is 39.4 cm³/mol. The number of hydrogen-bond acceptors (Lipinski definition) is 3. The lowest BCUT2D eigenvalue weighted by atomic mass is 10.2. The van der Waals surface area contributed by atoms with Gasteiger partial charge in [0.15, 0.2) is 11.5 Å². The highest BCUT2D eigenvalue weighted by molar-refractivity contribution is 5.91. The van der Waals surface area contributed by atoms with Crippen LogP contribution in [0.2, 0.25) is 0 Å². The average Bonchev–Trinajstić information content (AvgIpc) is 2.42. The zero-order chi connectivity index (χ0) is 10.3. The van der Waals surface area contributed by atoms with Crippen molar-refractivity contribution in [2.24, 2.45) is 0 Å². The number of carboxylic acid groups (broad SMARTS) is 1. The lowest BCUT2D eigenvalue weighted by molar-refractivity contribution is 0.0688. The highest BCUT2D eigenvalue weighted by Crippen LogP contribution is 2.34. The fourth-order valence-corrected chi connectivity index (χ4v) is 1.14. The van der Waals surface area contributed by atoms with Gasteiger partial charge in [0.25, 0.3) is 0 Å². The molecule has 0 aromatic heterocycles. The van der Waals surface area contributed by atoms with E-state index in [1.165, 1.54) is 0 Å². The quantitative estimate of drug-likeness (QED) is 0.747. The van der Waals surface area contributed by atoms with Crippen LogP contribution in [0.25, 0.3) is 0 Å². The van der Waals surface area contributed by atoms with Gasteiger partial charge in [0.1, 0.15) is 5.56 Å². The molecule has 0 spiro atoms. The van der Waals surface area contributed by atoms with E-state index in [-0.39, 0.29) is 0 Å². The highest BCUT2D eigenvalue weighted by atomic mass is 19.2. The summed E-state index contributed by atoms with van der Waals surface area (Å²) < 4.78 is 35.3. The fourth-order valence-electron chi connectivity index (χ4n) is 1.14. The SMILES string of the molecule is O=C(O)c1cc2c(F)c(F)c1OCO2. The van der Waals surface area contributed by atoms with Gasteiger partial charge < -0.3 is 14.6 Å². The van der Waals surface area contributed by atoms with E-state index in [0.717, 1.165) is 6.07 Å². The number of benzene rings is 1. The van der Waals surface area contributed by atoms with Crippen LogP contribution in [-0.4, -0.2) is 17.9 Å². The van der Waals surface area contributed by atoms with Crippen molar-refractivity contribution in [3.05, 3.63) is 23.3 Å². The second-order valence-electron chi connectivity index (χ2n) is 2.59. The van der Waals surface area contributed by atoms with E-state index >= 15 is 0 Å². The Morgan fingerprint density at radius 2 is 2.07 bits per heavy atom. The largest absolute Gasteiger partial charge is 0.478 e. The minimum atomic E-state index is -1.40. The number of aromatic carboxylic acids is 1. The molecule has 0 amide bonds. The third kappa shape index (κ3) is 1.07. The van der Waals surface area contributed by atoms with Crippen LogP contribution in [0.1, 0.15) is 10.4 Å². The van der Waals surface area contributed by atoms with Crippen LogP contribution >= 0.6 is 0 Å². The van der Waals surface area contributed by atoms with E-state index < -0.39 is 41.5 Å². The van der Waals surface area contributed by atoms with Crippen molar-refractivity contribution in [1.82, 2.24) is 0 Å². The maximum Gasteiger partial charge on any atom is 0.339 e. The Bertz CT molecular complexity index is 416. The number of rotatable bonds is 1. The van der Waals surface area contributed by atoms with Gasteiger partial charge in [-0.25, -0.2) is 4.79 Å². The molecule has 2 bridgehead atoms. The predicted octanol–water partition coefficient (Wildman–Crippen LogP) is 1.39. The maximum atomic E-state index is 13.1. The van der Waals surface area contributed by atoms with Gasteiger partial charge in [-0.1, -0.05) is 0 Å². The van der Waals surface area contributed by atoms with Crippen LogP contribution in [0.4, 0.5) is 8.78 Å². The molecule has 0 atom stereocenters. The summed E-state index contributed by atoms with van der Waals surface area (Å²) in [7, 11) is 0. The van der Waals surface area contributed by atoms with Crippen molar-refractivity contribution >= 4 is 5.97 Å². The summed E-state index contributed by atoms with van der Waals surface area (Å²) >= 11 is 0. The Kier molecular flexibility index (Phi) is 1.77. The van der Waals surface area contributed by atoms with Crippen LogP contribution in [0.3, 0.4) is 0 Å². The first-order valence-electron chi connectivity index (χ1n) is 3.62. The standard InChI is InChI=1S/C8H4F2O4/c9-5-4-1-3(8(11)12)7(6(5)10)14-2-13-4/h1H,2H2,(H,11,12). The summed E-state index contributed by atoms with van der Waals surface area (Å²) in [4.78, 5) is 10.6. The average molecular weight is 202 g/mol. The topological polar surface area (TPSA) is 55.8 Å². The Labute approximate surface area is 76.7 Å². The molecule has 2 heterocycles. The molecule has 0 aliphatic carbocycles. The van der Waals surface area contributed by atoms with Gasteiger partial charge in [0, 0.05) is 6.07 Å². The van der Waals surface area contributed by atoms with Crippen molar-refractivity contribution in [3.8, 4) is 11.5 Å². The van der Waals surface area contributed by atoms with Crippen molar-refractivity contribution in [2.45, 2.75) is 0 Å². The van der Waals surface area contributed by atoms with E-state index in [4.69, 9.17) is 5.11 Å². The maximum absolute atomic E-state index is 13.1. The third-order valence-electron chi connectivity index (χ3n) is 1.78. The number of hydrogen-bond donors (Lipinski definition) is 1. The van der Waals surface area contributed by atoms with Crippen molar-refractivity contribution in [2.75, 3.05) is 6.79 Å². The molecule has 0 saturated carbocycles. The van der Waals surface area contributed by atoms with Gasteiger partial charge >= 0.3 is 5.97 Å². The second kappa shape index (κ2) is 2.83. The van der Waals surface area contributed by atoms with E-state index in [9.17, 15) is 13.6 Å². The molecule has 1 aromatic rings. The summed E-state index contributed by atoms with van der Waals surface area (Å²) in [5.41, 5.74) is -0.448. The van der Waals surface area contributed by atoms with Gasteiger partial charge in [-0.15, -0.1) is 0 Å². The monoisotopic (exact) mass is 202 g/mol. The van der Waals surface area contributed by atoms with Crippen LogP contribution in [-0.2, 0) is 0 Å². The smallest absolute Gasteiger partial charge is 0.339 e. The first kappa shape index (κ1) is 8.74. The second-order valence-corrected chi connectivity index (χ2v) is 2.59. The fraction of sp³-hybridized carbons (Fsp3) is 0.125. The van der Waals surface area contributed by atoms with E-state index in [1.54, 1.807) is 0 Å². The van der Waals surface area contributed by atoms with Crippen molar-refractivity contribution in [3.63, 3.8) is 0 Å². The molecule has 3 rings (SSSR count). The number of carboxylic acids is 1. The molecule has 1 aromatic carbocycles. The molecule has 1 N–H and O–H groups in total. The summed E-state index contributed by atoms with van der Waals surface area (Å²) in [6, 6.07) is 0.892. The van der Waals surface area contributed by atoms with Gasteiger partial charge in [0.2, 0.25) is 18.4 Å². The van der Waals surface area contributed by atoms with E-state index in [1.807, 2.05) is 0 Å². The molecule has 14 heavy (non-hydrogen) atoms. The first-order valence-corrected chi connectivity index (χ1v) is 3.62. The van der Waals surface area contributed by atoms with Crippen molar-refractivity contribution < 1.29 is 28.2 Å². The Morgan fingerprint density at radius 1 is 1.36 bits per heavy atom. The Morgan fingerprint density at radius 3 is 2.71 bits per heavy atom. The first-order chi connectivity index (χ1) is 6.61. The number of halogens is 2. The molecule has 0 saturated heterocycles. The van der Waals surface area contributed by atoms with Crippen LogP contribution in [0, 0.1) is 11.6 Å². The molecular formula is C8H4F2O4. The summed E-state index contributed by atoms with van der Waals surface area (Å²) in [5.74, 6) is -5.05. The van der Waals surface area contributed by atoms with Crippen molar-refractivity contribution in [1.29, 1.82) is 0 Å². The zero-order valence-corrected chi connectivity index (χ0v) is 6.71. The molecule has 2 aliphatic rings. The van der Waals surface area contributed by atoms with Gasteiger partial charge in [0.05, 0.1) is 0 Å². The highest BCUT2D eigenvalue weighted by Gasteiger charge is 2.27. The van der Waals surface area contributed by atoms with E-state index in [2.05, 4.69) is 9.47 Å². The normalized spacial score (nSPS) is 13.0. The van der Waals surface area contributed by atoms with Gasteiger partial charge in [-0.3, -0.25) is 0 Å². The molecule has 0 fully saturated rings. The molecule has 2 aliphatic heterocycles. The molecule has 0 radical (unpaired) electrons. The minimum absolute atomic E-state index is 0.404. The summed E-state index contributed by atoms with van der Waals surface area (Å²) in [6.45, 7) is -0.404.